The van der Waals surface area contributed by atoms with E-state index in [-0.39, 0.29) is 19.1 Å². The maximum absolute atomic E-state index is 12.1. The van der Waals surface area contributed by atoms with Gasteiger partial charge in [0.25, 0.3) is 0 Å². The molecule has 1 amide bonds. The highest BCUT2D eigenvalue weighted by Crippen LogP contribution is 2.38. The zero-order chi connectivity index (χ0) is 16.2. The monoisotopic (exact) mass is 315 g/mol. The Morgan fingerprint density at radius 3 is 2.78 bits per heavy atom. The van der Waals surface area contributed by atoms with Gasteiger partial charge in [0.2, 0.25) is 5.91 Å². The summed E-state index contributed by atoms with van der Waals surface area (Å²) in [4.78, 5) is 14.0. The minimum absolute atomic E-state index is 0.107. The topological polar surface area (TPSA) is 83.3 Å². The maximum Gasteiger partial charge on any atom is 0.246 e. The predicted molar refractivity (Wildman–Crippen MR) is 87.4 cm³/mol. The molecule has 1 heterocycles. The quantitative estimate of drug-likeness (QED) is 0.803. The van der Waals surface area contributed by atoms with Crippen molar-refractivity contribution in [1.82, 2.24) is 15.0 Å². The number of nitrogens with one attached hydrogen (secondary N) is 1. The molecule has 2 N–H and O–H groups in total. The fourth-order valence-electron chi connectivity index (χ4n) is 2.38. The first kappa shape index (κ1) is 15.5. The molecule has 23 heavy (non-hydrogen) atoms. The molecule has 2 aromatic rings. The molecular weight excluding hydrogens is 294 g/mol. The second-order valence-electron chi connectivity index (χ2n) is 5.86. The summed E-state index contributed by atoms with van der Waals surface area (Å²) in [5, 5.41) is 19.9. The van der Waals surface area contributed by atoms with Gasteiger partial charge in [0.05, 0.1) is 12.3 Å². The van der Waals surface area contributed by atoms with E-state index >= 15 is 0 Å². The van der Waals surface area contributed by atoms with Gasteiger partial charge in [-0.2, -0.15) is 0 Å². The third-order valence-electron chi connectivity index (χ3n) is 3.88. The fourth-order valence-corrected chi connectivity index (χ4v) is 2.38. The Labute approximate surface area is 134 Å². The highest BCUT2D eigenvalue weighted by molar-refractivity contribution is 5.90. The van der Waals surface area contributed by atoms with Gasteiger partial charge in [-0.1, -0.05) is 5.21 Å². The Balaban J connectivity index is 1.54. The molecule has 0 unspecified atom stereocenters. The molecule has 1 aliphatic carbocycles. The van der Waals surface area contributed by atoms with Crippen LogP contribution < -0.4 is 10.2 Å². The number of aliphatic hydroxyl groups excluding tert-OH is 1. The molecule has 1 aromatic carbocycles. The summed E-state index contributed by atoms with van der Waals surface area (Å²) in [6.45, 7) is 0.836. The van der Waals surface area contributed by atoms with E-state index in [0.717, 1.165) is 17.1 Å². The van der Waals surface area contributed by atoms with Crippen molar-refractivity contribution in [1.29, 1.82) is 0 Å². The largest absolute Gasteiger partial charge is 0.395 e. The second-order valence-corrected chi connectivity index (χ2v) is 5.86. The molecule has 1 aliphatic rings. The first-order valence-electron chi connectivity index (χ1n) is 7.77. The van der Waals surface area contributed by atoms with E-state index in [1.165, 1.54) is 12.8 Å². The minimum atomic E-state index is -0.131. The summed E-state index contributed by atoms with van der Waals surface area (Å²) >= 11 is 0. The van der Waals surface area contributed by atoms with Crippen molar-refractivity contribution >= 4 is 17.3 Å². The summed E-state index contributed by atoms with van der Waals surface area (Å²) in [6, 6.07) is 7.51. The highest BCUT2D eigenvalue weighted by Gasteiger charge is 2.26. The van der Waals surface area contributed by atoms with Crippen LogP contribution in [0.25, 0.3) is 0 Å². The predicted octanol–water partition coefficient (Wildman–Crippen LogP) is 1.22. The average Bonchev–Trinajstić information content (AvgIpc) is 3.28. The van der Waals surface area contributed by atoms with Crippen LogP contribution in [-0.4, -0.2) is 46.2 Å². The van der Waals surface area contributed by atoms with Crippen molar-refractivity contribution in [3.63, 3.8) is 0 Å². The lowest BCUT2D eigenvalue weighted by atomic mass is 10.2. The van der Waals surface area contributed by atoms with Gasteiger partial charge in [-0.05, 0) is 37.1 Å². The zero-order valence-electron chi connectivity index (χ0n) is 13.1. The van der Waals surface area contributed by atoms with Crippen LogP contribution in [0.15, 0.2) is 30.5 Å². The van der Waals surface area contributed by atoms with Crippen LogP contribution in [-0.2, 0) is 11.3 Å². The van der Waals surface area contributed by atoms with Gasteiger partial charge in [0.1, 0.15) is 6.54 Å². The Morgan fingerprint density at radius 1 is 1.39 bits per heavy atom. The normalized spacial score (nSPS) is 13.8. The van der Waals surface area contributed by atoms with E-state index in [9.17, 15) is 4.79 Å². The molecule has 7 heteroatoms. The third-order valence-corrected chi connectivity index (χ3v) is 3.88. The number of carbonyl (C=O) groups excluding carboxylic acids is 1. The van der Waals surface area contributed by atoms with Crippen molar-refractivity contribution in [2.24, 2.45) is 0 Å². The lowest BCUT2D eigenvalue weighted by Gasteiger charge is -2.18. The molecular formula is C16H21N5O2. The number of rotatable bonds is 7. The number of anilines is 2. The Bertz CT molecular complexity index is 663. The van der Waals surface area contributed by atoms with Crippen LogP contribution in [0.4, 0.5) is 11.4 Å². The van der Waals surface area contributed by atoms with Crippen LogP contribution in [0.1, 0.15) is 24.5 Å². The van der Waals surface area contributed by atoms with Crippen molar-refractivity contribution in [3.8, 4) is 0 Å². The Kier molecular flexibility index (Phi) is 4.57. The molecule has 0 spiro atoms. The van der Waals surface area contributed by atoms with Crippen LogP contribution in [0, 0.1) is 0 Å². The van der Waals surface area contributed by atoms with Crippen molar-refractivity contribution in [2.45, 2.75) is 25.3 Å². The van der Waals surface area contributed by atoms with E-state index in [2.05, 4.69) is 15.6 Å². The van der Waals surface area contributed by atoms with Crippen molar-refractivity contribution in [3.05, 3.63) is 36.2 Å². The van der Waals surface area contributed by atoms with Crippen molar-refractivity contribution < 1.29 is 9.90 Å². The minimum Gasteiger partial charge on any atom is -0.395 e. The number of benzene rings is 1. The molecule has 0 bridgehead atoms. The first-order chi connectivity index (χ1) is 11.2. The molecule has 1 aromatic heterocycles. The van der Waals surface area contributed by atoms with Crippen LogP contribution in [0.3, 0.4) is 0 Å². The summed E-state index contributed by atoms with van der Waals surface area (Å²) < 4.78 is 1.58. The fraction of sp³-hybridized carbons (Fsp3) is 0.438. The number of likely N-dealkylation sites (N-methyl/N-ethyl adjacent to an activating group) is 1. The molecule has 1 fully saturated rings. The number of nitrogens with zero attached hydrogens (tertiary/aromatic N) is 4. The Morgan fingerprint density at radius 2 is 2.13 bits per heavy atom. The molecule has 7 nitrogen and oxygen atoms in total. The summed E-state index contributed by atoms with van der Waals surface area (Å²) in [7, 11) is 1.91. The molecule has 0 aliphatic heterocycles. The Hall–Kier alpha value is -2.41. The lowest BCUT2D eigenvalue weighted by molar-refractivity contribution is -0.116. The van der Waals surface area contributed by atoms with Gasteiger partial charge in [0, 0.05) is 37.1 Å². The molecule has 0 saturated heterocycles. The standard InChI is InChI=1S/C16H21N5O2/c1-20(8-9-22)14-6-4-13(5-7-14)17-16(23)11-21-10-15(18-19-21)12-2-3-12/h4-7,10,12,22H,2-3,8-9,11H2,1H3,(H,17,23). The number of carbonyl (C=O) groups is 1. The average molecular weight is 315 g/mol. The number of aromatic nitrogens is 3. The summed E-state index contributed by atoms with van der Waals surface area (Å²) in [5.41, 5.74) is 2.70. The molecule has 0 atom stereocenters. The molecule has 1 saturated carbocycles. The number of amides is 1. The molecule has 3 rings (SSSR count). The van der Waals surface area contributed by atoms with E-state index in [1.54, 1.807) is 4.68 Å². The van der Waals surface area contributed by atoms with Gasteiger partial charge in [-0.15, -0.1) is 5.10 Å². The number of aliphatic hydroxyl groups is 1. The highest BCUT2D eigenvalue weighted by atomic mass is 16.3. The summed E-state index contributed by atoms with van der Waals surface area (Å²) in [6.07, 6.45) is 4.19. The SMILES string of the molecule is CN(CCO)c1ccc(NC(=O)Cn2cc(C3CC3)nn2)cc1. The van der Waals surface area contributed by atoms with Gasteiger partial charge >= 0.3 is 0 Å². The van der Waals surface area contributed by atoms with Crippen LogP contribution >= 0.6 is 0 Å². The van der Waals surface area contributed by atoms with Crippen LogP contribution in [0.2, 0.25) is 0 Å². The van der Waals surface area contributed by atoms with Gasteiger partial charge in [0.15, 0.2) is 0 Å². The second kappa shape index (κ2) is 6.78. The van der Waals surface area contributed by atoms with Gasteiger partial charge in [-0.25, -0.2) is 4.68 Å². The zero-order valence-corrected chi connectivity index (χ0v) is 13.1. The maximum atomic E-state index is 12.1. The van der Waals surface area contributed by atoms with E-state index in [0.29, 0.717) is 12.5 Å². The van der Waals surface area contributed by atoms with Gasteiger partial charge < -0.3 is 15.3 Å². The van der Waals surface area contributed by atoms with Crippen LogP contribution in [0.5, 0.6) is 0 Å². The molecule has 122 valence electrons. The number of hydrogen-bond acceptors (Lipinski definition) is 5. The van der Waals surface area contributed by atoms with Crippen molar-refractivity contribution in [2.75, 3.05) is 30.4 Å². The third kappa shape index (κ3) is 4.07. The van der Waals surface area contributed by atoms with E-state index < -0.39 is 0 Å². The first-order valence-corrected chi connectivity index (χ1v) is 7.77. The van der Waals surface area contributed by atoms with E-state index in [4.69, 9.17) is 5.11 Å². The smallest absolute Gasteiger partial charge is 0.246 e. The van der Waals surface area contributed by atoms with Gasteiger partial charge in [-0.3, -0.25) is 4.79 Å². The van der Waals surface area contributed by atoms with E-state index in [1.807, 2.05) is 42.4 Å². The lowest BCUT2D eigenvalue weighted by Crippen LogP contribution is -2.21. The number of hydrogen-bond donors (Lipinski definition) is 2. The molecule has 0 radical (unpaired) electrons. The summed E-state index contributed by atoms with van der Waals surface area (Å²) in [5.74, 6) is 0.406.